The van der Waals surface area contributed by atoms with Crippen molar-refractivity contribution in [2.75, 3.05) is 13.7 Å². The van der Waals surface area contributed by atoms with E-state index in [2.05, 4.69) is 14.2 Å². The average molecular weight is 243 g/mol. The quantitative estimate of drug-likeness (QED) is 0.486. The molecule has 0 aliphatic carbocycles. The van der Waals surface area contributed by atoms with Crippen molar-refractivity contribution in [2.45, 2.75) is 20.0 Å². The number of ether oxygens (including phenoxy) is 3. The molecule has 1 unspecified atom stereocenters. The summed E-state index contributed by atoms with van der Waals surface area (Å²) in [6.45, 7) is 2.64. The van der Waals surface area contributed by atoms with E-state index in [1.807, 2.05) is 0 Å². The maximum absolute atomic E-state index is 11.2. The molecule has 0 heterocycles. The zero-order valence-electron chi connectivity index (χ0n) is 9.76. The van der Waals surface area contributed by atoms with Crippen LogP contribution >= 0.6 is 0 Å². The molecule has 7 nitrogen and oxygen atoms in total. The summed E-state index contributed by atoms with van der Waals surface area (Å²) in [6, 6.07) is 1.41. The van der Waals surface area contributed by atoms with Gasteiger partial charge in [-0.3, -0.25) is 4.79 Å². The summed E-state index contributed by atoms with van der Waals surface area (Å²) in [4.78, 5) is 33.3. The fraction of sp³-hybridized carbons (Fsp3) is 0.600. The molecule has 0 aliphatic heterocycles. The summed E-state index contributed by atoms with van der Waals surface area (Å²) >= 11 is 0. The summed E-state index contributed by atoms with van der Waals surface area (Å²) in [5.74, 6) is -3.42. The maximum atomic E-state index is 11.2. The molecule has 0 fully saturated rings. The van der Waals surface area contributed by atoms with Crippen molar-refractivity contribution in [3.05, 3.63) is 0 Å². The third-order valence-corrected chi connectivity index (χ3v) is 1.52. The second kappa shape index (κ2) is 7.35. The predicted molar refractivity (Wildman–Crippen MR) is 53.3 cm³/mol. The number of hydrogen-bond acceptors (Lipinski definition) is 7. The van der Waals surface area contributed by atoms with Gasteiger partial charge in [-0.15, -0.1) is 0 Å². The van der Waals surface area contributed by atoms with Crippen molar-refractivity contribution in [1.82, 2.24) is 0 Å². The summed E-state index contributed by atoms with van der Waals surface area (Å²) in [7, 11) is 1.25. The van der Waals surface area contributed by atoms with E-state index in [1.165, 1.54) is 27.0 Å². The van der Waals surface area contributed by atoms with E-state index < -0.39 is 36.5 Å². The van der Waals surface area contributed by atoms with Crippen LogP contribution in [0.1, 0.15) is 13.8 Å². The Hall–Kier alpha value is -1.94. The van der Waals surface area contributed by atoms with Gasteiger partial charge in [0.05, 0.1) is 5.92 Å². The van der Waals surface area contributed by atoms with Crippen molar-refractivity contribution in [3.63, 3.8) is 0 Å². The summed E-state index contributed by atoms with van der Waals surface area (Å²) in [5.41, 5.74) is 0. The number of nitriles is 1. The van der Waals surface area contributed by atoms with E-state index in [9.17, 15) is 14.4 Å². The Morgan fingerprint density at radius 3 is 2.24 bits per heavy atom. The number of nitrogens with zero attached hydrogens (tertiary/aromatic N) is 1. The average Bonchev–Trinajstić information content (AvgIpc) is 2.25. The van der Waals surface area contributed by atoms with Gasteiger partial charge >= 0.3 is 17.9 Å². The first kappa shape index (κ1) is 15.1. The van der Waals surface area contributed by atoms with Crippen LogP contribution in [0.5, 0.6) is 0 Å². The van der Waals surface area contributed by atoms with Crippen LogP contribution in [0, 0.1) is 17.2 Å². The van der Waals surface area contributed by atoms with Crippen molar-refractivity contribution in [2.24, 2.45) is 5.92 Å². The number of esters is 3. The van der Waals surface area contributed by atoms with Crippen LogP contribution in [-0.4, -0.2) is 37.7 Å². The van der Waals surface area contributed by atoms with Crippen LogP contribution in [0.25, 0.3) is 0 Å². The Labute approximate surface area is 98.2 Å². The van der Waals surface area contributed by atoms with Gasteiger partial charge in [-0.2, -0.15) is 5.26 Å². The fourth-order valence-electron chi connectivity index (χ4n) is 0.681. The minimum absolute atomic E-state index is 0.399. The Morgan fingerprint density at radius 1 is 1.24 bits per heavy atom. The van der Waals surface area contributed by atoms with E-state index >= 15 is 0 Å². The van der Waals surface area contributed by atoms with Crippen molar-refractivity contribution >= 4 is 17.9 Å². The maximum Gasteiger partial charge on any atom is 0.370 e. The molecule has 0 aromatic carbocycles. The fourth-order valence-corrected chi connectivity index (χ4v) is 0.681. The summed E-state index contributed by atoms with van der Waals surface area (Å²) in [6.07, 6.45) is -1.76. The Kier molecular flexibility index (Phi) is 6.51. The zero-order valence-corrected chi connectivity index (χ0v) is 9.76. The Morgan fingerprint density at radius 2 is 1.82 bits per heavy atom. The molecule has 0 amide bonds. The molecule has 0 rings (SSSR count). The largest absolute Gasteiger partial charge is 0.433 e. The van der Waals surface area contributed by atoms with Gasteiger partial charge in [-0.1, -0.05) is 13.8 Å². The number of hydrogen-bond donors (Lipinski definition) is 0. The molecule has 17 heavy (non-hydrogen) atoms. The van der Waals surface area contributed by atoms with Crippen LogP contribution in [0.2, 0.25) is 0 Å². The van der Waals surface area contributed by atoms with Crippen molar-refractivity contribution in [3.8, 4) is 6.07 Å². The normalized spacial score (nSPS) is 11.5. The lowest BCUT2D eigenvalue weighted by Crippen LogP contribution is -2.31. The lowest BCUT2D eigenvalue weighted by Gasteiger charge is -2.10. The van der Waals surface area contributed by atoms with Gasteiger partial charge < -0.3 is 14.2 Å². The first-order chi connectivity index (χ1) is 7.92. The van der Waals surface area contributed by atoms with E-state index in [0.29, 0.717) is 0 Å². The van der Waals surface area contributed by atoms with E-state index in [4.69, 9.17) is 5.26 Å². The third kappa shape index (κ3) is 5.63. The van der Waals surface area contributed by atoms with Gasteiger partial charge in [-0.05, 0) is 0 Å². The molecule has 0 aromatic rings. The number of carbonyl (C=O) groups excluding carboxylic acids is 3. The van der Waals surface area contributed by atoms with Gasteiger partial charge in [0.25, 0.3) is 6.10 Å². The van der Waals surface area contributed by atoms with Crippen molar-refractivity contribution < 1.29 is 28.6 Å². The van der Waals surface area contributed by atoms with Crippen LogP contribution in [0.4, 0.5) is 0 Å². The smallest absolute Gasteiger partial charge is 0.370 e. The first-order valence-corrected chi connectivity index (χ1v) is 4.76. The van der Waals surface area contributed by atoms with Gasteiger partial charge in [0, 0.05) is 7.11 Å². The van der Waals surface area contributed by atoms with Crippen LogP contribution in [0.15, 0.2) is 0 Å². The van der Waals surface area contributed by atoms with Crippen LogP contribution in [-0.2, 0) is 28.6 Å². The minimum atomic E-state index is -1.76. The standard InChI is InChI=1S/C10H13NO6/c1-6(2)9(13)17-10(14)7(4-11)16-8(12)5-15-3/h6-7H,5H2,1-3H3. The Balaban J connectivity index is 4.38. The highest BCUT2D eigenvalue weighted by Gasteiger charge is 2.27. The first-order valence-electron chi connectivity index (χ1n) is 4.76. The Bertz CT molecular complexity index is 343. The molecule has 0 spiro atoms. The third-order valence-electron chi connectivity index (χ3n) is 1.52. The molecule has 0 aromatic heterocycles. The molecule has 0 saturated carbocycles. The summed E-state index contributed by atoms with van der Waals surface area (Å²) in [5, 5.41) is 8.58. The minimum Gasteiger partial charge on any atom is -0.433 e. The highest BCUT2D eigenvalue weighted by molar-refractivity contribution is 5.91. The lowest BCUT2D eigenvalue weighted by molar-refractivity contribution is -0.173. The van der Waals surface area contributed by atoms with E-state index in [1.54, 1.807) is 0 Å². The molecular formula is C10H13NO6. The van der Waals surface area contributed by atoms with E-state index in [-0.39, 0.29) is 0 Å². The monoisotopic (exact) mass is 243 g/mol. The molecule has 0 aliphatic rings. The SMILES string of the molecule is COCC(=O)OC(C#N)C(=O)OC(=O)C(C)C. The molecular weight excluding hydrogens is 230 g/mol. The van der Waals surface area contributed by atoms with Crippen molar-refractivity contribution in [1.29, 1.82) is 5.26 Å². The second-order valence-corrected chi connectivity index (χ2v) is 3.33. The van der Waals surface area contributed by atoms with Gasteiger partial charge in [0.2, 0.25) is 0 Å². The molecule has 0 saturated heterocycles. The van der Waals surface area contributed by atoms with Gasteiger partial charge in [0.1, 0.15) is 12.7 Å². The molecule has 94 valence electrons. The second-order valence-electron chi connectivity index (χ2n) is 3.33. The van der Waals surface area contributed by atoms with Crippen LogP contribution < -0.4 is 0 Å². The molecule has 1 atom stereocenters. The van der Waals surface area contributed by atoms with Crippen LogP contribution in [0.3, 0.4) is 0 Å². The van der Waals surface area contributed by atoms with Gasteiger partial charge in [0.15, 0.2) is 0 Å². The molecule has 0 bridgehead atoms. The highest BCUT2D eigenvalue weighted by Crippen LogP contribution is 2.01. The van der Waals surface area contributed by atoms with Gasteiger partial charge in [-0.25, -0.2) is 9.59 Å². The predicted octanol–water partition coefficient (Wildman–Crippen LogP) is -0.206. The summed E-state index contributed by atoms with van der Waals surface area (Å²) < 4.78 is 13.2. The van der Waals surface area contributed by atoms with E-state index in [0.717, 1.165) is 0 Å². The number of methoxy groups -OCH3 is 1. The number of carbonyl (C=O) groups is 3. The molecule has 7 heteroatoms. The lowest BCUT2D eigenvalue weighted by atomic mass is 10.2. The molecule has 0 radical (unpaired) electrons. The topological polar surface area (TPSA) is 103 Å². The molecule has 0 N–H and O–H groups in total. The highest BCUT2D eigenvalue weighted by atomic mass is 16.6. The zero-order chi connectivity index (χ0) is 13.4. The number of rotatable bonds is 5.